The van der Waals surface area contributed by atoms with Crippen LogP contribution >= 0.6 is 11.3 Å². The van der Waals surface area contributed by atoms with Crippen molar-refractivity contribution in [2.45, 2.75) is 64.6 Å². The number of anilines is 1. The lowest BCUT2D eigenvalue weighted by Gasteiger charge is -2.38. The van der Waals surface area contributed by atoms with E-state index in [9.17, 15) is 0 Å². The molecule has 3 rings (SSSR count). The molecule has 5 heteroatoms. The molecule has 1 saturated carbocycles. The van der Waals surface area contributed by atoms with Crippen LogP contribution in [0.2, 0.25) is 0 Å². The van der Waals surface area contributed by atoms with E-state index in [4.69, 9.17) is 9.72 Å². The van der Waals surface area contributed by atoms with Crippen LogP contribution in [0.5, 0.6) is 0 Å². The molecule has 1 aliphatic heterocycles. The standard InChI is InChI=1S/C16H27N3OS/c1-11(2)17-9-13-14(12-5-6-12)18-15(21-13)19-7-8-20-16(3,4)10-19/h11-12,17H,5-10H2,1-4H3. The predicted octanol–water partition coefficient (Wildman–Crippen LogP) is 3.13. The summed E-state index contributed by atoms with van der Waals surface area (Å²) in [5, 5.41) is 4.73. The van der Waals surface area contributed by atoms with Crippen LogP contribution in [0.3, 0.4) is 0 Å². The highest BCUT2D eigenvalue weighted by Gasteiger charge is 2.33. The number of aromatic nitrogens is 1. The van der Waals surface area contributed by atoms with E-state index in [-0.39, 0.29) is 5.60 Å². The number of nitrogens with zero attached hydrogens (tertiary/aromatic N) is 2. The Morgan fingerprint density at radius 2 is 2.19 bits per heavy atom. The van der Waals surface area contributed by atoms with Gasteiger partial charge in [-0.15, -0.1) is 11.3 Å². The summed E-state index contributed by atoms with van der Waals surface area (Å²) in [6.45, 7) is 12.4. The first-order valence-corrected chi connectivity index (χ1v) is 8.88. The van der Waals surface area contributed by atoms with E-state index in [0.717, 1.165) is 26.2 Å². The van der Waals surface area contributed by atoms with Gasteiger partial charge in [-0.2, -0.15) is 0 Å². The first kappa shape index (κ1) is 15.3. The number of morpholine rings is 1. The molecule has 2 aliphatic rings. The van der Waals surface area contributed by atoms with Crippen molar-refractivity contribution in [3.05, 3.63) is 10.6 Å². The van der Waals surface area contributed by atoms with Crippen molar-refractivity contribution in [2.75, 3.05) is 24.6 Å². The van der Waals surface area contributed by atoms with Gasteiger partial charge in [0.05, 0.1) is 17.9 Å². The van der Waals surface area contributed by atoms with Crippen LogP contribution in [-0.2, 0) is 11.3 Å². The summed E-state index contributed by atoms with van der Waals surface area (Å²) in [5.74, 6) is 0.716. The molecular formula is C16H27N3OS. The van der Waals surface area contributed by atoms with Gasteiger partial charge in [-0.1, -0.05) is 13.8 Å². The van der Waals surface area contributed by atoms with Gasteiger partial charge in [0.2, 0.25) is 0 Å². The molecule has 0 spiro atoms. The molecule has 0 aromatic carbocycles. The molecule has 1 aromatic heterocycles. The molecule has 1 aromatic rings. The minimum absolute atomic E-state index is 0.0694. The summed E-state index contributed by atoms with van der Waals surface area (Å²) in [5.41, 5.74) is 1.28. The minimum atomic E-state index is -0.0694. The van der Waals surface area contributed by atoms with Crippen molar-refractivity contribution in [3.63, 3.8) is 0 Å². The first-order valence-electron chi connectivity index (χ1n) is 8.06. The van der Waals surface area contributed by atoms with Crippen molar-refractivity contribution in [2.24, 2.45) is 0 Å². The Balaban J connectivity index is 1.77. The molecule has 0 unspecified atom stereocenters. The van der Waals surface area contributed by atoms with Crippen molar-refractivity contribution >= 4 is 16.5 Å². The molecular weight excluding hydrogens is 282 g/mol. The number of nitrogens with one attached hydrogen (secondary N) is 1. The average Bonchev–Trinajstić information content (AvgIpc) is 3.15. The number of ether oxygens (including phenoxy) is 1. The minimum Gasteiger partial charge on any atom is -0.372 e. The highest BCUT2D eigenvalue weighted by molar-refractivity contribution is 7.15. The number of thiazole rings is 1. The molecule has 0 radical (unpaired) electrons. The summed E-state index contributed by atoms with van der Waals surface area (Å²) in [4.78, 5) is 8.83. The van der Waals surface area contributed by atoms with Crippen LogP contribution < -0.4 is 10.2 Å². The first-order chi connectivity index (χ1) is 9.94. The topological polar surface area (TPSA) is 37.4 Å². The number of hydrogen-bond donors (Lipinski definition) is 1. The maximum atomic E-state index is 5.82. The fourth-order valence-corrected chi connectivity index (χ4v) is 3.89. The summed E-state index contributed by atoms with van der Waals surface area (Å²) in [6.07, 6.45) is 2.62. The lowest BCUT2D eigenvalue weighted by Crippen LogP contribution is -2.48. The quantitative estimate of drug-likeness (QED) is 0.907. The maximum Gasteiger partial charge on any atom is 0.186 e. The third-order valence-electron chi connectivity index (χ3n) is 4.05. The van der Waals surface area contributed by atoms with Crippen molar-refractivity contribution < 1.29 is 4.74 Å². The van der Waals surface area contributed by atoms with E-state index in [2.05, 4.69) is 37.9 Å². The fourth-order valence-electron chi connectivity index (χ4n) is 2.76. The van der Waals surface area contributed by atoms with Crippen LogP contribution in [0.15, 0.2) is 0 Å². The molecule has 2 fully saturated rings. The molecule has 21 heavy (non-hydrogen) atoms. The van der Waals surface area contributed by atoms with Gasteiger partial charge >= 0.3 is 0 Å². The second kappa shape index (κ2) is 5.86. The van der Waals surface area contributed by atoms with Gasteiger partial charge in [0.25, 0.3) is 0 Å². The SMILES string of the molecule is CC(C)NCc1sc(N2CCOC(C)(C)C2)nc1C1CC1. The average molecular weight is 309 g/mol. The highest BCUT2D eigenvalue weighted by atomic mass is 32.1. The Kier molecular flexibility index (Phi) is 4.26. The van der Waals surface area contributed by atoms with Gasteiger partial charge in [-0.05, 0) is 26.7 Å². The Morgan fingerprint density at radius 1 is 1.43 bits per heavy atom. The van der Waals surface area contributed by atoms with Crippen LogP contribution in [0.4, 0.5) is 5.13 Å². The van der Waals surface area contributed by atoms with Crippen molar-refractivity contribution in [3.8, 4) is 0 Å². The van der Waals surface area contributed by atoms with E-state index >= 15 is 0 Å². The molecule has 1 aliphatic carbocycles. The Morgan fingerprint density at radius 3 is 2.81 bits per heavy atom. The van der Waals surface area contributed by atoms with E-state index < -0.39 is 0 Å². The molecule has 0 amide bonds. The molecule has 1 N–H and O–H groups in total. The van der Waals surface area contributed by atoms with Crippen LogP contribution in [0.25, 0.3) is 0 Å². The zero-order valence-electron chi connectivity index (χ0n) is 13.6. The van der Waals surface area contributed by atoms with Crippen LogP contribution in [0.1, 0.15) is 57.0 Å². The largest absolute Gasteiger partial charge is 0.372 e. The normalized spacial score (nSPS) is 22.0. The second-order valence-corrected chi connectivity index (χ2v) is 8.21. The van der Waals surface area contributed by atoms with Crippen LogP contribution in [-0.4, -0.2) is 36.3 Å². The molecule has 4 nitrogen and oxygen atoms in total. The number of rotatable bonds is 5. The van der Waals surface area contributed by atoms with Gasteiger partial charge in [-0.25, -0.2) is 4.98 Å². The fraction of sp³-hybridized carbons (Fsp3) is 0.812. The maximum absolute atomic E-state index is 5.82. The zero-order chi connectivity index (χ0) is 15.0. The summed E-state index contributed by atoms with van der Waals surface area (Å²) in [6, 6.07) is 0.518. The third kappa shape index (κ3) is 3.76. The summed E-state index contributed by atoms with van der Waals surface area (Å²) in [7, 11) is 0. The highest BCUT2D eigenvalue weighted by Crippen LogP contribution is 2.44. The Bertz CT molecular complexity index is 494. The molecule has 1 saturated heterocycles. The van der Waals surface area contributed by atoms with Gasteiger partial charge < -0.3 is 15.0 Å². The van der Waals surface area contributed by atoms with E-state index in [1.54, 1.807) is 0 Å². The van der Waals surface area contributed by atoms with E-state index in [0.29, 0.717) is 12.0 Å². The Hall–Kier alpha value is -0.650. The molecule has 118 valence electrons. The van der Waals surface area contributed by atoms with Gasteiger partial charge in [0.15, 0.2) is 5.13 Å². The molecule has 0 atom stereocenters. The monoisotopic (exact) mass is 309 g/mol. The lowest BCUT2D eigenvalue weighted by molar-refractivity contribution is -0.0277. The zero-order valence-corrected chi connectivity index (χ0v) is 14.4. The van der Waals surface area contributed by atoms with E-state index in [1.807, 2.05) is 11.3 Å². The van der Waals surface area contributed by atoms with Crippen molar-refractivity contribution in [1.29, 1.82) is 0 Å². The summed E-state index contributed by atoms with van der Waals surface area (Å²) < 4.78 is 5.82. The molecule has 0 bridgehead atoms. The van der Waals surface area contributed by atoms with Gasteiger partial charge in [-0.3, -0.25) is 0 Å². The molecule has 2 heterocycles. The van der Waals surface area contributed by atoms with Gasteiger partial charge in [0, 0.05) is 36.5 Å². The smallest absolute Gasteiger partial charge is 0.186 e. The lowest BCUT2D eigenvalue weighted by atomic mass is 10.1. The number of hydrogen-bond acceptors (Lipinski definition) is 5. The van der Waals surface area contributed by atoms with Crippen LogP contribution in [0, 0.1) is 0 Å². The van der Waals surface area contributed by atoms with Crippen molar-refractivity contribution in [1.82, 2.24) is 10.3 Å². The second-order valence-electron chi connectivity index (χ2n) is 7.14. The summed E-state index contributed by atoms with van der Waals surface area (Å²) >= 11 is 1.87. The van der Waals surface area contributed by atoms with Gasteiger partial charge in [0.1, 0.15) is 0 Å². The van der Waals surface area contributed by atoms with E-state index in [1.165, 1.54) is 28.5 Å². The predicted molar refractivity (Wildman–Crippen MR) is 88.3 cm³/mol. The Labute approximate surface area is 131 Å². The third-order valence-corrected chi connectivity index (χ3v) is 5.18.